The van der Waals surface area contributed by atoms with E-state index >= 15 is 0 Å². The number of morpholine rings is 1. The molecule has 0 aromatic heterocycles. The first-order valence-electron chi connectivity index (χ1n) is 6.57. The second-order valence-electron chi connectivity index (χ2n) is 5.11. The van der Waals surface area contributed by atoms with Crippen LogP contribution < -0.4 is 10.6 Å². The first kappa shape index (κ1) is 14.2. The number of rotatable bonds is 3. The highest BCUT2D eigenvalue weighted by Gasteiger charge is 2.29. The van der Waals surface area contributed by atoms with Crippen molar-refractivity contribution in [2.24, 2.45) is 5.73 Å². The van der Waals surface area contributed by atoms with Crippen LogP contribution in [-0.4, -0.2) is 37.0 Å². The van der Waals surface area contributed by atoms with Crippen LogP contribution in [0.2, 0.25) is 0 Å². The SMILES string of the molecule is CC1COC(CO)CN1c1c(F)cccc1[C@H](C)N. The number of halogens is 1. The molecule has 4 nitrogen and oxygen atoms in total. The molecule has 5 heteroatoms. The van der Waals surface area contributed by atoms with Crippen molar-refractivity contribution in [1.29, 1.82) is 0 Å². The van der Waals surface area contributed by atoms with Crippen molar-refractivity contribution in [3.8, 4) is 0 Å². The lowest BCUT2D eigenvalue weighted by Crippen LogP contribution is -2.50. The number of aliphatic hydroxyl groups is 1. The Labute approximate surface area is 113 Å². The Morgan fingerprint density at radius 3 is 2.95 bits per heavy atom. The van der Waals surface area contributed by atoms with Crippen LogP contribution >= 0.6 is 0 Å². The van der Waals surface area contributed by atoms with E-state index in [1.165, 1.54) is 6.07 Å². The first-order chi connectivity index (χ1) is 9.04. The van der Waals surface area contributed by atoms with Crippen LogP contribution in [0.1, 0.15) is 25.5 Å². The predicted octanol–water partition coefficient (Wildman–Crippen LogP) is 1.43. The van der Waals surface area contributed by atoms with E-state index in [4.69, 9.17) is 10.5 Å². The Morgan fingerprint density at radius 1 is 1.58 bits per heavy atom. The van der Waals surface area contributed by atoms with Crippen molar-refractivity contribution in [3.05, 3.63) is 29.6 Å². The van der Waals surface area contributed by atoms with Crippen molar-refractivity contribution in [3.63, 3.8) is 0 Å². The van der Waals surface area contributed by atoms with Gasteiger partial charge in [0.25, 0.3) is 0 Å². The highest BCUT2D eigenvalue weighted by atomic mass is 19.1. The van der Waals surface area contributed by atoms with Crippen molar-refractivity contribution >= 4 is 5.69 Å². The van der Waals surface area contributed by atoms with Gasteiger partial charge in [0.1, 0.15) is 5.82 Å². The lowest BCUT2D eigenvalue weighted by atomic mass is 10.0. The predicted molar refractivity (Wildman–Crippen MR) is 72.6 cm³/mol. The zero-order chi connectivity index (χ0) is 14.0. The van der Waals surface area contributed by atoms with Crippen LogP contribution in [0, 0.1) is 5.82 Å². The zero-order valence-corrected chi connectivity index (χ0v) is 11.3. The van der Waals surface area contributed by atoms with Crippen molar-refractivity contribution in [1.82, 2.24) is 0 Å². The summed E-state index contributed by atoms with van der Waals surface area (Å²) in [5.74, 6) is -0.278. The molecular formula is C14H21FN2O2. The highest BCUT2D eigenvalue weighted by Crippen LogP contribution is 2.31. The minimum absolute atomic E-state index is 0.0530. The molecule has 0 aliphatic carbocycles. The van der Waals surface area contributed by atoms with Gasteiger partial charge in [0, 0.05) is 18.6 Å². The lowest BCUT2D eigenvalue weighted by Gasteiger charge is -2.40. The van der Waals surface area contributed by atoms with E-state index in [0.29, 0.717) is 18.8 Å². The number of benzene rings is 1. The summed E-state index contributed by atoms with van der Waals surface area (Å²) in [4.78, 5) is 1.94. The number of para-hydroxylation sites is 1. The van der Waals surface area contributed by atoms with Gasteiger partial charge in [-0.05, 0) is 25.5 Å². The summed E-state index contributed by atoms with van der Waals surface area (Å²) in [6.45, 7) is 4.69. The van der Waals surface area contributed by atoms with Crippen molar-refractivity contribution < 1.29 is 14.2 Å². The summed E-state index contributed by atoms with van der Waals surface area (Å²) < 4.78 is 19.7. The van der Waals surface area contributed by atoms with Gasteiger partial charge in [-0.1, -0.05) is 12.1 Å². The van der Waals surface area contributed by atoms with E-state index in [0.717, 1.165) is 5.56 Å². The minimum Gasteiger partial charge on any atom is -0.394 e. The normalized spacial score (nSPS) is 25.4. The number of ether oxygens (including phenoxy) is 1. The molecule has 19 heavy (non-hydrogen) atoms. The van der Waals surface area contributed by atoms with Gasteiger partial charge >= 0.3 is 0 Å². The van der Waals surface area contributed by atoms with Crippen LogP contribution in [0.5, 0.6) is 0 Å². The van der Waals surface area contributed by atoms with E-state index in [9.17, 15) is 9.50 Å². The maximum Gasteiger partial charge on any atom is 0.146 e. The molecule has 0 bridgehead atoms. The average Bonchev–Trinajstić information content (AvgIpc) is 2.39. The third kappa shape index (κ3) is 2.88. The van der Waals surface area contributed by atoms with Gasteiger partial charge in [0.05, 0.1) is 25.0 Å². The topological polar surface area (TPSA) is 58.7 Å². The fraction of sp³-hybridized carbons (Fsp3) is 0.571. The molecule has 0 spiro atoms. The smallest absolute Gasteiger partial charge is 0.146 e. The Hall–Kier alpha value is -1.17. The molecule has 3 atom stereocenters. The quantitative estimate of drug-likeness (QED) is 0.870. The van der Waals surface area contributed by atoms with Gasteiger partial charge in [-0.25, -0.2) is 4.39 Å². The van der Waals surface area contributed by atoms with Gasteiger partial charge < -0.3 is 20.5 Å². The van der Waals surface area contributed by atoms with Gasteiger partial charge in [-0.15, -0.1) is 0 Å². The molecule has 3 N–H and O–H groups in total. The van der Waals surface area contributed by atoms with E-state index < -0.39 is 0 Å². The molecule has 1 saturated heterocycles. The Bertz CT molecular complexity index is 439. The standard InChI is InChI=1S/C14H21FN2O2/c1-9-8-19-11(7-18)6-17(9)14-12(10(2)16)4-3-5-13(14)15/h3-5,9-11,18H,6-8,16H2,1-2H3/t9?,10-,11?/m0/s1. The van der Waals surface area contributed by atoms with Crippen LogP contribution in [-0.2, 0) is 4.74 Å². The maximum absolute atomic E-state index is 14.2. The molecule has 1 aromatic rings. The molecule has 2 unspecified atom stereocenters. The average molecular weight is 268 g/mol. The van der Waals surface area contributed by atoms with Crippen molar-refractivity contribution in [2.45, 2.75) is 32.0 Å². The minimum atomic E-state index is -0.281. The second kappa shape index (κ2) is 5.86. The fourth-order valence-corrected chi connectivity index (χ4v) is 2.44. The van der Waals surface area contributed by atoms with Gasteiger partial charge in [-0.3, -0.25) is 0 Å². The molecular weight excluding hydrogens is 247 g/mol. The molecule has 1 aliphatic rings. The summed E-state index contributed by atoms with van der Waals surface area (Å²) in [7, 11) is 0. The summed E-state index contributed by atoms with van der Waals surface area (Å²) in [6.07, 6.45) is -0.281. The van der Waals surface area contributed by atoms with Crippen LogP contribution in [0.15, 0.2) is 18.2 Å². The van der Waals surface area contributed by atoms with E-state index in [2.05, 4.69) is 0 Å². The second-order valence-corrected chi connectivity index (χ2v) is 5.11. The Balaban J connectivity index is 2.38. The fourth-order valence-electron chi connectivity index (χ4n) is 2.44. The van der Waals surface area contributed by atoms with Gasteiger partial charge in [0.2, 0.25) is 0 Å². The molecule has 0 saturated carbocycles. The summed E-state index contributed by atoms with van der Waals surface area (Å²) in [5, 5.41) is 9.22. The van der Waals surface area contributed by atoms with Crippen LogP contribution in [0.3, 0.4) is 0 Å². The van der Waals surface area contributed by atoms with Gasteiger partial charge in [0.15, 0.2) is 0 Å². The van der Waals surface area contributed by atoms with Gasteiger partial charge in [-0.2, -0.15) is 0 Å². The van der Waals surface area contributed by atoms with E-state index in [-0.39, 0.29) is 30.6 Å². The summed E-state index contributed by atoms with van der Waals surface area (Å²) in [6, 6.07) is 4.77. The molecule has 1 aliphatic heterocycles. The molecule has 0 radical (unpaired) electrons. The lowest BCUT2D eigenvalue weighted by molar-refractivity contribution is -0.0105. The number of anilines is 1. The number of nitrogens with two attached hydrogens (primary N) is 1. The summed E-state index contributed by atoms with van der Waals surface area (Å²) in [5.41, 5.74) is 7.25. The third-order valence-corrected chi connectivity index (χ3v) is 3.50. The third-order valence-electron chi connectivity index (χ3n) is 3.50. The molecule has 2 rings (SSSR count). The van der Waals surface area contributed by atoms with Crippen molar-refractivity contribution in [2.75, 3.05) is 24.7 Å². The number of nitrogens with zero attached hydrogens (tertiary/aromatic N) is 1. The molecule has 1 fully saturated rings. The van der Waals surface area contributed by atoms with Crippen LogP contribution in [0.4, 0.5) is 10.1 Å². The van der Waals surface area contributed by atoms with E-state index in [1.807, 2.05) is 24.8 Å². The Morgan fingerprint density at radius 2 is 2.32 bits per heavy atom. The number of hydrogen-bond donors (Lipinski definition) is 2. The Kier molecular flexibility index (Phi) is 4.39. The molecule has 106 valence electrons. The number of hydrogen-bond acceptors (Lipinski definition) is 4. The van der Waals surface area contributed by atoms with E-state index in [1.54, 1.807) is 6.07 Å². The summed E-state index contributed by atoms with van der Waals surface area (Å²) >= 11 is 0. The first-order valence-corrected chi connectivity index (χ1v) is 6.57. The molecule has 1 heterocycles. The largest absolute Gasteiger partial charge is 0.394 e. The van der Waals surface area contributed by atoms with Crippen LogP contribution in [0.25, 0.3) is 0 Å². The maximum atomic E-state index is 14.2. The molecule has 1 aromatic carbocycles. The number of aliphatic hydroxyl groups excluding tert-OH is 1. The monoisotopic (exact) mass is 268 g/mol. The molecule has 0 amide bonds. The highest BCUT2D eigenvalue weighted by molar-refractivity contribution is 5.57. The zero-order valence-electron chi connectivity index (χ0n) is 11.3.